The van der Waals surface area contributed by atoms with E-state index in [0.717, 1.165) is 0 Å². The highest BCUT2D eigenvalue weighted by Gasteiger charge is 2.50. The van der Waals surface area contributed by atoms with Gasteiger partial charge < -0.3 is 9.08 Å². The van der Waals surface area contributed by atoms with Crippen molar-refractivity contribution in [1.82, 2.24) is 4.90 Å². The van der Waals surface area contributed by atoms with Crippen LogP contribution in [0.3, 0.4) is 0 Å². The molecule has 7 nitrogen and oxygen atoms in total. The van der Waals surface area contributed by atoms with Gasteiger partial charge in [0.15, 0.2) is 5.69 Å². The van der Waals surface area contributed by atoms with Crippen LogP contribution in [0, 0.1) is 13.5 Å². The number of allylic oxidation sites excluding steroid dienone is 1. The number of benzene rings is 1. The maximum Gasteiger partial charge on any atom is 0.534 e. The third-order valence-corrected chi connectivity index (χ3v) is 5.80. The van der Waals surface area contributed by atoms with Gasteiger partial charge in [0.05, 0.1) is 18.7 Å². The summed E-state index contributed by atoms with van der Waals surface area (Å²) in [6.45, 7) is 8.85. The van der Waals surface area contributed by atoms with Crippen LogP contribution >= 0.6 is 0 Å². The maximum absolute atomic E-state index is 12.7. The van der Waals surface area contributed by atoms with Crippen LogP contribution < -0.4 is 4.90 Å². The zero-order valence-electron chi connectivity index (χ0n) is 14.9. The summed E-state index contributed by atoms with van der Waals surface area (Å²) in [6, 6.07) is 3.53. The number of rotatable bonds is 3. The minimum absolute atomic E-state index is 0.0623. The molecule has 11 heteroatoms. The van der Waals surface area contributed by atoms with Crippen molar-refractivity contribution in [2.75, 3.05) is 11.9 Å². The first-order valence-electron chi connectivity index (χ1n) is 8.22. The SMILES string of the molecule is [C-]#[N+]c1ccc(N2C(=O)N(C)C3C=C(OS(=O)(=O)C(F)(F)F)CCC32)cc1C. The predicted molar refractivity (Wildman–Crippen MR) is 94.0 cm³/mol. The number of hydrogen-bond donors (Lipinski definition) is 0. The van der Waals surface area contributed by atoms with Crippen molar-refractivity contribution in [2.24, 2.45) is 0 Å². The van der Waals surface area contributed by atoms with Gasteiger partial charge in [0.25, 0.3) is 0 Å². The van der Waals surface area contributed by atoms with Crippen LogP contribution in [0.4, 0.5) is 29.3 Å². The Balaban J connectivity index is 1.90. The van der Waals surface area contributed by atoms with Gasteiger partial charge >= 0.3 is 21.7 Å². The van der Waals surface area contributed by atoms with E-state index in [1.807, 2.05) is 0 Å². The smallest absolute Gasteiger partial charge is 0.381 e. The topological polar surface area (TPSA) is 71.3 Å². The average molecular weight is 415 g/mol. The van der Waals surface area contributed by atoms with E-state index in [9.17, 15) is 26.4 Å². The second-order valence-corrected chi connectivity index (χ2v) is 8.10. The summed E-state index contributed by atoms with van der Waals surface area (Å²) in [7, 11) is -4.27. The highest BCUT2D eigenvalue weighted by molar-refractivity contribution is 7.87. The summed E-state index contributed by atoms with van der Waals surface area (Å²) in [5.41, 5.74) is -3.80. The first-order valence-corrected chi connectivity index (χ1v) is 9.62. The molecule has 0 saturated carbocycles. The summed E-state index contributed by atoms with van der Waals surface area (Å²) in [4.78, 5) is 18.9. The number of urea groups is 1. The number of likely N-dealkylation sites (N-methyl/N-ethyl adjacent to an activating group) is 1. The number of anilines is 1. The van der Waals surface area contributed by atoms with Crippen LogP contribution in [0.25, 0.3) is 4.85 Å². The van der Waals surface area contributed by atoms with Crippen LogP contribution in [-0.2, 0) is 14.3 Å². The predicted octanol–water partition coefficient (Wildman–Crippen LogP) is 3.70. The fourth-order valence-electron chi connectivity index (χ4n) is 3.41. The monoisotopic (exact) mass is 415 g/mol. The maximum atomic E-state index is 12.7. The summed E-state index contributed by atoms with van der Waals surface area (Å²) < 4.78 is 64.4. The molecule has 0 aromatic heterocycles. The van der Waals surface area contributed by atoms with Gasteiger partial charge in [-0.3, -0.25) is 4.90 Å². The largest absolute Gasteiger partial charge is 0.534 e. The van der Waals surface area contributed by atoms with Gasteiger partial charge in [0.1, 0.15) is 5.76 Å². The fourth-order valence-corrected chi connectivity index (χ4v) is 3.93. The standard InChI is InChI=1S/C17H16F3N3O4S/c1-10-8-11(4-6-13(10)21-2)23-14-7-5-12(9-15(14)22(3)16(23)24)27-28(25,26)17(18,19)20/h4,6,8-9,14-15H,5,7H2,1,3H3. The molecule has 3 rings (SSSR count). The molecule has 1 aromatic rings. The molecule has 2 aliphatic rings. The number of nitrogens with zero attached hydrogens (tertiary/aromatic N) is 3. The number of amides is 2. The molecule has 2 amide bonds. The average Bonchev–Trinajstić information content (AvgIpc) is 2.84. The van der Waals surface area contributed by atoms with Gasteiger partial charge in [0.2, 0.25) is 0 Å². The van der Waals surface area contributed by atoms with Crippen LogP contribution in [0.5, 0.6) is 0 Å². The highest BCUT2D eigenvalue weighted by Crippen LogP contribution is 2.38. The van der Waals surface area contributed by atoms with E-state index in [0.29, 0.717) is 16.9 Å². The van der Waals surface area contributed by atoms with Gasteiger partial charge in [-0.25, -0.2) is 9.64 Å². The Labute approximate surface area is 159 Å². The quantitative estimate of drug-likeness (QED) is 0.429. The Kier molecular flexibility index (Phi) is 4.79. The van der Waals surface area contributed by atoms with Crippen molar-refractivity contribution >= 4 is 27.5 Å². The molecule has 1 fully saturated rings. The molecule has 1 saturated heterocycles. The second-order valence-electron chi connectivity index (χ2n) is 6.56. The Hall–Kier alpha value is -2.74. The first-order chi connectivity index (χ1) is 13.0. The molecule has 1 aliphatic carbocycles. The lowest BCUT2D eigenvalue weighted by molar-refractivity contribution is -0.0524. The van der Waals surface area contributed by atoms with E-state index in [1.54, 1.807) is 25.1 Å². The van der Waals surface area contributed by atoms with Crippen molar-refractivity contribution in [3.8, 4) is 0 Å². The number of halogens is 3. The fraction of sp³-hybridized carbons (Fsp3) is 0.412. The normalized spacial score (nSPS) is 22.6. The van der Waals surface area contributed by atoms with E-state index in [4.69, 9.17) is 6.57 Å². The molecule has 28 heavy (non-hydrogen) atoms. The molecule has 2 atom stereocenters. The van der Waals surface area contributed by atoms with Gasteiger partial charge in [0, 0.05) is 19.2 Å². The summed E-state index contributed by atoms with van der Waals surface area (Å²) in [5.74, 6) is -0.334. The third kappa shape index (κ3) is 3.28. The Morgan fingerprint density at radius 3 is 2.57 bits per heavy atom. The van der Waals surface area contributed by atoms with Crippen LogP contribution in [0.1, 0.15) is 18.4 Å². The molecule has 1 heterocycles. The van der Waals surface area contributed by atoms with Crippen LogP contribution in [-0.4, -0.2) is 44.0 Å². The number of hydrogen-bond acceptors (Lipinski definition) is 4. The van der Waals surface area contributed by atoms with E-state index in [1.165, 1.54) is 22.9 Å². The lowest BCUT2D eigenvalue weighted by Gasteiger charge is -2.30. The molecule has 0 radical (unpaired) electrons. The number of fused-ring (bicyclic) bond motifs is 1. The molecular weight excluding hydrogens is 399 g/mol. The molecule has 0 bridgehead atoms. The van der Waals surface area contributed by atoms with Crippen LogP contribution in [0.15, 0.2) is 30.0 Å². The Morgan fingerprint density at radius 2 is 2.00 bits per heavy atom. The van der Waals surface area contributed by atoms with Gasteiger partial charge in [-0.05, 0) is 37.1 Å². The van der Waals surface area contributed by atoms with E-state index in [-0.39, 0.29) is 24.6 Å². The Morgan fingerprint density at radius 1 is 1.32 bits per heavy atom. The van der Waals surface area contributed by atoms with Crippen molar-refractivity contribution in [3.05, 3.63) is 47.0 Å². The van der Waals surface area contributed by atoms with E-state index >= 15 is 0 Å². The lowest BCUT2D eigenvalue weighted by Crippen LogP contribution is -2.39. The first kappa shape index (κ1) is 20.0. The third-order valence-electron chi connectivity index (χ3n) is 4.80. The molecule has 0 N–H and O–H groups in total. The summed E-state index contributed by atoms with van der Waals surface area (Å²) in [5, 5.41) is 0. The van der Waals surface area contributed by atoms with Crippen molar-refractivity contribution < 1.29 is 30.6 Å². The van der Waals surface area contributed by atoms with Crippen molar-refractivity contribution in [1.29, 1.82) is 0 Å². The summed E-state index contributed by atoms with van der Waals surface area (Å²) >= 11 is 0. The number of aryl methyl sites for hydroxylation is 1. The molecule has 2 unspecified atom stereocenters. The number of alkyl halides is 3. The minimum Gasteiger partial charge on any atom is -0.381 e. The zero-order valence-corrected chi connectivity index (χ0v) is 15.7. The van der Waals surface area contributed by atoms with E-state index < -0.39 is 27.7 Å². The molecular formula is C17H16F3N3O4S. The summed E-state index contributed by atoms with van der Waals surface area (Å²) in [6.07, 6.45) is 1.41. The van der Waals surface area contributed by atoms with Crippen molar-refractivity contribution in [3.63, 3.8) is 0 Å². The molecule has 1 aliphatic heterocycles. The molecule has 1 aromatic carbocycles. The lowest BCUT2D eigenvalue weighted by atomic mass is 9.95. The number of carbonyl (C=O) groups is 1. The van der Waals surface area contributed by atoms with Gasteiger partial charge in [-0.1, -0.05) is 6.07 Å². The van der Waals surface area contributed by atoms with Gasteiger partial charge in [-0.2, -0.15) is 21.6 Å². The highest BCUT2D eigenvalue weighted by atomic mass is 32.2. The Bertz CT molecular complexity index is 998. The van der Waals surface area contributed by atoms with E-state index in [2.05, 4.69) is 9.03 Å². The number of carbonyl (C=O) groups excluding carboxylic acids is 1. The minimum atomic E-state index is -5.75. The molecule has 150 valence electrons. The van der Waals surface area contributed by atoms with Crippen molar-refractivity contribution in [2.45, 2.75) is 37.4 Å². The van der Waals surface area contributed by atoms with Crippen LogP contribution in [0.2, 0.25) is 0 Å². The second kappa shape index (κ2) is 6.70. The zero-order chi connectivity index (χ0) is 20.9. The van der Waals surface area contributed by atoms with Gasteiger partial charge in [-0.15, -0.1) is 0 Å². The molecule has 0 spiro atoms.